The van der Waals surface area contributed by atoms with E-state index >= 15 is 0 Å². The molecule has 2 N–H and O–H groups in total. The summed E-state index contributed by atoms with van der Waals surface area (Å²) in [6.07, 6.45) is -0.481. The molecule has 0 saturated heterocycles. The fraction of sp³-hybridized carbons (Fsp3) is 0.111. The quantitative estimate of drug-likeness (QED) is 0.658. The van der Waals surface area contributed by atoms with Crippen LogP contribution in [0.2, 0.25) is 0 Å². The smallest absolute Gasteiger partial charge is 0.185 e. The molecular weight excluding hydrogens is 175 g/mol. The van der Waals surface area contributed by atoms with Crippen molar-refractivity contribution in [1.29, 1.82) is 0 Å². The number of hydrogen-bond donors (Lipinski definition) is 2. The predicted molar refractivity (Wildman–Crippen MR) is 43.4 cm³/mol. The lowest BCUT2D eigenvalue weighted by Gasteiger charge is -2.04. The second kappa shape index (κ2) is 2.83. The molecule has 0 amide bonds. The monoisotopic (exact) mass is 182 g/mol. The Balaban J connectivity index is 2.80. The molecule has 0 saturated carbocycles. The summed E-state index contributed by atoms with van der Waals surface area (Å²) in [5.74, 6) is -0.683. The molecule has 0 bridgehead atoms. The SMILES string of the molecule is OC(O)c1c(F)ccc2ccoc12. The van der Waals surface area contributed by atoms with Gasteiger partial charge in [0.15, 0.2) is 6.29 Å². The largest absolute Gasteiger partial charge is 0.464 e. The van der Waals surface area contributed by atoms with E-state index in [1.165, 1.54) is 18.4 Å². The predicted octanol–water partition coefficient (Wildman–Crippen LogP) is 1.56. The van der Waals surface area contributed by atoms with Crippen LogP contribution in [-0.2, 0) is 0 Å². The van der Waals surface area contributed by atoms with Gasteiger partial charge in [-0.2, -0.15) is 0 Å². The first kappa shape index (κ1) is 8.22. The molecule has 0 fully saturated rings. The Morgan fingerprint density at radius 2 is 2.00 bits per heavy atom. The fourth-order valence-electron chi connectivity index (χ4n) is 1.27. The Hall–Kier alpha value is -1.39. The van der Waals surface area contributed by atoms with Crippen molar-refractivity contribution >= 4 is 11.0 Å². The number of hydrogen-bond acceptors (Lipinski definition) is 3. The van der Waals surface area contributed by atoms with E-state index in [4.69, 9.17) is 14.6 Å². The van der Waals surface area contributed by atoms with Gasteiger partial charge >= 0.3 is 0 Å². The van der Waals surface area contributed by atoms with Gasteiger partial charge in [0, 0.05) is 5.39 Å². The minimum Gasteiger partial charge on any atom is -0.464 e. The lowest BCUT2D eigenvalue weighted by molar-refractivity contribution is -0.0443. The van der Waals surface area contributed by atoms with Crippen LogP contribution in [0.5, 0.6) is 0 Å². The first-order chi connectivity index (χ1) is 6.20. The molecule has 2 aromatic rings. The Labute approximate surface area is 73.0 Å². The molecule has 3 nitrogen and oxygen atoms in total. The summed E-state index contributed by atoms with van der Waals surface area (Å²) >= 11 is 0. The van der Waals surface area contributed by atoms with Gasteiger partial charge in [0.25, 0.3) is 0 Å². The maximum absolute atomic E-state index is 13.1. The Bertz CT molecular complexity index is 433. The van der Waals surface area contributed by atoms with Gasteiger partial charge in [-0.25, -0.2) is 4.39 Å². The second-order valence-corrected chi connectivity index (χ2v) is 2.67. The summed E-state index contributed by atoms with van der Waals surface area (Å²) in [5, 5.41) is 18.4. The molecule has 0 radical (unpaired) electrons. The number of furan rings is 1. The molecule has 0 atom stereocenters. The van der Waals surface area contributed by atoms with Crippen molar-refractivity contribution in [3.05, 3.63) is 35.8 Å². The van der Waals surface area contributed by atoms with Gasteiger partial charge in [-0.1, -0.05) is 0 Å². The highest BCUT2D eigenvalue weighted by atomic mass is 19.1. The van der Waals surface area contributed by atoms with E-state index in [2.05, 4.69) is 0 Å². The van der Waals surface area contributed by atoms with Gasteiger partial charge in [-0.05, 0) is 18.2 Å². The van der Waals surface area contributed by atoms with Crippen molar-refractivity contribution in [2.45, 2.75) is 6.29 Å². The molecule has 13 heavy (non-hydrogen) atoms. The Morgan fingerprint density at radius 1 is 1.23 bits per heavy atom. The molecule has 4 heteroatoms. The summed E-state index contributed by atoms with van der Waals surface area (Å²) in [4.78, 5) is 0. The highest BCUT2D eigenvalue weighted by Crippen LogP contribution is 2.26. The number of aliphatic hydroxyl groups is 2. The van der Waals surface area contributed by atoms with Crippen LogP contribution in [0.4, 0.5) is 4.39 Å². The van der Waals surface area contributed by atoms with Crippen LogP contribution in [-0.4, -0.2) is 10.2 Å². The fourth-order valence-corrected chi connectivity index (χ4v) is 1.27. The first-order valence-electron chi connectivity index (χ1n) is 3.72. The highest BCUT2D eigenvalue weighted by molar-refractivity contribution is 5.80. The average Bonchev–Trinajstić information content (AvgIpc) is 2.50. The third kappa shape index (κ3) is 1.20. The maximum Gasteiger partial charge on any atom is 0.185 e. The maximum atomic E-state index is 13.1. The first-order valence-corrected chi connectivity index (χ1v) is 3.72. The van der Waals surface area contributed by atoms with E-state index < -0.39 is 12.1 Å². The average molecular weight is 182 g/mol. The molecule has 68 valence electrons. The van der Waals surface area contributed by atoms with Crippen molar-refractivity contribution in [2.24, 2.45) is 0 Å². The van der Waals surface area contributed by atoms with E-state index in [-0.39, 0.29) is 11.1 Å². The molecule has 0 aliphatic carbocycles. The lowest BCUT2D eigenvalue weighted by atomic mass is 10.1. The minimum atomic E-state index is -1.85. The topological polar surface area (TPSA) is 53.6 Å². The van der Waals surface area contributed by atoms with Crippen LogP contribution in [0.3, 0.4) is 0 Å². The van der Waals surface area contributed by atoms with Gasteiger partial charge in [0.2, 0.25) is 0 Å². The van der Waals surface area contributed by atoms with Gasteiger partial charge in [-0.15, -0.1) is 0 Å². The van der Waals surface area contributed by atoms with E-state index in [1.54, 1.807) is 6.07 Å². The molecule has 1 aromatic heterocycles. The number of rotatable bonds is 1. The van der Waals surface area contributed by atoms with E-state index in [9.17, 15) is 4.39 Å². The molecule has 0 aliphatic rings. The molecule has 0 aliphatic heterocycles. The van der Waals surface area contributed by atoms with Crippen LogP contribution in [0, 0.1) is 5.82 Å². The summed E-state index contributed by atoms with van der Waals surface area (Å²) < 4.78 is 18.0. The zero-order valence-electron chi connectivity index (χ0n) is 6.57. The van der Waals surface area contributed by atoms with Gasteiger partial charge in [-0.3, -0.25) is 0 Å². The van der Waals surface area contributed by atoms with Crippen LogP contribution < -0.4 is 0 Å². The molecule has 2 rings (SSSR count). The summed E-state index contributed by atoms with van der Waals surface area (Å²) in [6.45, 7) is 0. The van der Waals surface area contributed by atoms with E-state index in [0.29, 0.717) is 5.39 Å². The lowest BCUT2D eigenvalue weighted by Crippen LogP contribution is -1.98. The standard InChI is InChI=1S/C9H7FO3/c10-6-2-1-5-3-4-13-8(5)7(6)9(11)12/h1-4,9,11-12H. The van der Waals surface area contributed by atoms with Crippen molar-refractivity contribution in [3.8, 4) is 0 Å². The summed E-state index contributed by atoms with van der Waals surface area (Å²) in [7, 11) is 0. The zero-order valence-corrected chi connectivity index (χ0v) is 6.57. The number of benzene rings is 1. The Morgan fingerprint density at radius 3 is 2.69 bits per heavy atom. The molecule has 0 spiro atoms. The zero-order chi connectivity index (χ0) is 9.42. The number of halogens is 1. The summed E-state index contributed by atoms with van der Waals surface area (Å²) in [6, 6.07) is 4.31. The number of aliphatic hydroxyl groups excluding tert-OH is 1. The Kier molecular flexibility index (Phi) is 1.79. The van der Waals surface area contributed by atoms with Crippen molar-refractivity contribution in [1.82, 2.24) is 0 Å². The molecule has 1 aromatic carbocycles. The van der Waals surface area contributed by atoms with Gasteiger partial charge in [0.1, 0.15) is 11.4 Å². The highest BCUT2D eigenvalue weighted by Gasteiger charge is 2.15. The summed E-state index contributed by atoms with van der Waals surface area (Å²) in [5.41, 5.74) is -0.0440. The number of fused-ring (bicyclic) bond motifs is 1. The van der Waals surface area contributed by atoms with Crippen molar-refractivity contribution < 1.29 is 19.0 Å². The van der Waals surface area contributed by atoms with Crippen molar-refractivity contribution in [3.63, 3.8) is 0 Å². The second-order valence-electron chi connectivity index (χ2n) is 2.67. The molecular formula is C9H7FO3. The molecule has 0 unspecified atom stereocenters. The van der Waals surface area contributed by atoms with Gasteiger partial charge < -0.3 is 14.6 Å². The minimum absolute atomic E-state index is 0.176. The third-order valence-corrected chi connectivity index (χ3v) is 1.87. The van der Waals surface area contributed by atoms with Crippen LogP contribution >= 0.6 is 0 Å². The van der Waals surface area contributed by atoms with Crippen LogP contribution in [0.25, 0.3) is 11.0 Å². The van der Waals surface area contributed by atoms with Crippen LogP contribution in [0.1, 0.15) is 11.9 Å². The van der Waals surface area contributed by atoms with E-state index in [1.807, 2.05) is 0 Å². The van der Waals surface area contributed by atoms with Crippen LogP contribution in [0.15, 0.2) is 28.9 Å². The molecule has 1 heterocycles. The van der Waals surface area contributed by atoms with E-state index in [0.717, 1.165) is 0 Å². The van der Waals surface area contributed by atoms with Crippen molar-refractivity contribution in [2.75, 3.05) is 0 Å². The normalized spacial score (nSPS) is 11.4. The third-order valence-electron chi connectivity index (χ3n) is 1.87. The van der Waals surface area contributed by atoms with Gasteiger partial charge in [0.05, 0.1) is 11.8 Å².